The van der Waals surface area contributed by atoms with Gasteiger partial charge in [-0.15, -0.1) is 0 Å². The van der Waals surface area contributed by atoms with E-state index in [1.807, 2.05) is 6.07 Å². The molecule has 0 spiro atoms. The number of aliphatic hydroxyl groups excluding tert-OH is 1. The van der Waals surface area contributed by atoms with Crippen LogP contribution in [0.1, 0.15) is 23.6 Å². The molecule has 0 aliphatic carbocycles. The Morgan fingerprint density at radius 2 is 2.29 bits per heavy atom. The fourth-order valence-electron chi connectivity index (χ4n) is 1.24. The summed E-state index contributed by atoms with van der Waals surface area (Å²) in [4.78, 5) is 0. The average Bonchev–Trinajstić information content (AvgIpc) is 2.18. The SMILES string of the molecule is N#Cc1ccc(Cl)cc1[C@@H](N)CCO. The molecule has 1 rings (SSSR count). The lowest BCUT2D eigenvalue weighted by atomic mass is 10.00. The van der Waals surface area contributed by atoms with Crippen LogP contribution in [0.2, 0.25) is 5.02 Å². The highest BCUT2D eigenvalue weighted by Crippen LogP contribution is 2.22. The number of rotatable bonds is 3. The summed E-state index contributed by atoms with van der Waals surface area (Å²) in [5.41, 5.74) is 6.98. The minimum atomic E-state index is -0.339. The minimum Gasteiger partial charge on any atom is -0.396 e. The second-order valence-electron chi connectivity index (χ2n) is 2.96. The number of nitriles is 1. The van der Waals surface area contributed by atoms with Crippen molar-refractivity contribution in [2.24, 2.45) is 5.73 Å². The maximum atomic E-state index is 8.82. The molecule has 0 saturated carbocycles. The van der Waals surface area contributed by atoms with Gasteiger partial charge in [0.1, 0.15) is 0 Å². The van der Waals surface area contributed by atoms with Gasteiger partial charge < -0.3 is 10.8 Å². The van der Waals surface area contributed by atoms with Crippen LogP contribution >= 0.6 is 11.6 Å². The van der Waals surface area contributed by atoms with Gasteiger partial charge in [0.15, 0.2) is 0 Å². The number of nitrogens with two attached hydrogens (primary N) is 1. The summed E-state index contributed by atoms with van der Waals surface area (Å²) in [6.45, 7) is -0.00144. The summed E-state index contributed by atoms with van der Waals surface area (Å²) in [5, 5.41) is 18.1. The van der Waals surface area contributed by atoms with Crippen LogP contribution in [0, 0.1) is 11.3 Å². The first kappa shape index (κ1) is 11.0. The highest BCUT2D eigenvalue weighted by atomic mass is 35.5. The lowest BCUT2D eigenvalue weighted by molar-refractivity contribution is 0.276. The molecule has 0 aliphatic rings. The van der Waals surface area contributed by atoms with Crippen molar-refractivity contribution in [1.29, 1.82) is 5.26 Å². The molecular formula is C10H11ClN2O. The van der Waals surface area contributed by atoms with E-state index < -0.39 is 0 Å². The van der Waals surface area contributed by atoms with Crippen molar-refractivity contribution < 1.29 is 5.11 Å². The first-order valence-electron chi connectivity index (χ1n) is 4.25. The van der Waals surface area contributed by atoms with E-state index in [2.05, 4.69) is 0 Å². The molecule has 0 bridgehead atoms. The third-order valence-corrected chi connectivity index (χ3v) is 2.21. The molecule has 3 N–H and O–H groups in total. The van der Waals surface area contributed by atoms with Gasteiger partial charge in [-0.3, -0.25) is 0 Å². The molecule has 3 nitrogen and oxygen atoms in total. The molecule has 0 heterocycles. The van der Waals surface area contributed by atoms with E-state index in [-0.39, 0.29) is 12.6 Å². The van der Waals surface area contributed by atoms with Crippen molar-refractivity contribution in [3.05, 3.63) is 34.3 Å². The van der Waals surface area contributed by atoms with Gasteiger partial charge in [-0.25, -0.2) is 0 Å². The molecule has 1 atom stereocenters. The first-order valence-corrected chi connectivity index (χ1v) is 4.63. The van der Waals surface area contributed by atoms with Gasteiger partial charge in [0.2, 0.25) is 0 Å². The van der Waals surface area contributed by atoms with Crippen molar-refractivity contribution in [3.8, 4) is 6.07 Å². The van der Waals surface area contributed by atoms with Gasteiger partial charge in [0.05, 0.1) is 11.6 Å². The van der Waals surface area contributed by atoms with E-state index in [4.69, 9.17) is 27.7 Å². The molecule has 0 aromatic heterocycles. The zero-order chi connectivity index (χ0) is 10.6. The van der Waals surface area contributed by atoms with Crippen molar-refractivity contribution in [3.63, 3.8) is 0 Å². The highest BCUT2D eigenvalue weighted by molar-refractivity contribution is 6.30. The Balaban J connectivity index is 3.05. The van der Waals surface area contributed by atoms with Gasteiger partial charge in [-0.1, -0.05) is 11.6 Å². The summed E-state index contributed by atoms with van der Waals surface area (Å²) in [7, 11) is 0. The lowest BCUT2D eigenvalue weighted by Gasteiger charge is -2.12. The first-order chi connectivity index (χ1) is 6.69. The quantitative estimate of drug-likeness (QED) is 0.796. The maximum Gasteiger partial charge on any atom is 0.0995 e. The van der Waals surface area contributed by atoms with E-state index in [0.29, 0.717) is 22.6 Å². The van der Waals surface area contributed by atoms with Crippen LogP contribution < -0.4 is 5.73 Å². The summed E-state index contributed by atoms with van der Waals surface area (Å²) in [5.74, 6) is 0. The van der Waals surface area contributed by atoms with Gasteiger partial charge in [0.25, 0.3) is 0 Å². The largest absolute Gasteiger partial charge is 0.396 e. The van der Waals surface area contributed by atoms with Gasteiger partial charge in [0, 0.05) is 17.7 Å². The highest BCUT2D eigenvalue weighted by Gasteiger charge is 2.10. The summed E-state index contributed by atoms with van der Waals surface area (Å²) in [6.07, 6.45) is 0.426. The van der Waals surface area contributed by atoms with Crippen LogP contribution in [-0.4, -0.2) is 11.7 Å². The number of nitrogens with zero attached hydrogens (tertiary/aromatic N) is 1. The molecule has 1 aromatic carbocycles. The maximum absolute atomic E-state index is 8.82. The van der Waals surface area contributed by atoms with Crippen molar-refractivity contribution in [2.45, 2.75) is 12.5 Å². The Morgan fingerprint density at radius 1 is 1.57 bits per heavy atom. The lowest BCUT2D eigenvalue weighted by Crippen LogP contribution is -2.13. The Morgan fingerprint density at radius 3 is 2.86 bits per heavy atom. The third-order valence-electron chi connectivity index (χ3n) is 1.97. The van der Waals surface area contributed by atoms with Gasteiger partial charge in [-0.05, 0) is 30.2 Å². The predicted molar refractivity (Wildman–Crippen MR) is 54.8 cm³/mol. The number of benzene rings is 1. The van der Waals surface area contributed by atoms with Crippen molar-refractivity contribution >= 4 is 11.6 Å². The van der Waals surface area contributed by atoms with Crippen LogP contribution in [0.25, 0.3) is 0 Å². The summed E-state index contributed by atoms with van der Waals surface area (Å²) in [6, 6.07) is 6.65. The third kappa shape index (κ3) is 2.46. The number of aliphatic hydroxyl groups is 1. The Bertz CT molecular complexity index is 360. The summed E-state index contributed by atoms with van der Waals surface area (Å²) < 4.78 is 0. The van der Waals surface area contributed by atoms with Crippen LogP contribution in [0.4, 0.5) is 0 Å². The van der Waals surface area contributed by atoms with Crippen LogP contribution in [0.15, 0.2) is 18.2 Å². The van der Waals surface area contributed by atoms with E-state index in [0.717, 1.165) is 0 Å². The second-order valence-corrected chi connectivity index (χ2v) is 3.40. The number of hydrogen-bond acceptors (Lipinski definition) is 3. The minimum absolute atomic E-state index is 0.00144. The molecule has 14 heavy (non-hydrogen) atoms. The molecule has 0 fully saturated rings. The van der Waals surface area contributed by atoms with Crippen LogP contribution in [-0.2, 0) is 0 Å². The van der Waals surface area contributed by atoms with Crippen molar-refractivity contribution in [1.82, 2.24) is 0 Å². The number of hydrogen-bond donors (Lipinski definition) is 2. The van der Waals surface area contributed by atoms with E-state index in [1.165, 1.54) is 0 Å². The molecule has 0 amide bonds. The van der Waals surface area contributed by atoms with Crippen LogP contribution in [0.3, 0.4) is 0 Å². The fourth-order valence-corrected chi connectivity index (χ4v) is 1.42. The fraction of sp³-hybridized carbons (Fsp3) is 0.300. The predicted octanol–water partition coefficient (Wildman–Crippen LogP) is 1.59. The molecule has 74 valence electrons. The zero-order valence-electron chi connectivity index (χ0n) is 7.57. The monoisotopic (exact) mass is 210 g/mol. The standard InChI is InChI=1S/C10H11ClN2O/c11-8-2-1-7(6-12)9(5-8)10(13)3-4-14/h1-2,5,10,14H,3-4,13H2/t10-/m0/s1. The summed E-state index contributed by atoms with van der Waals surface area (Å²) >= 11 is 5.79. The molecule has 1 aromatic rings. The molecule has 0 unspecified atom stereocenters. The molecule has 0 saturated heterocycles. The molecular weight excluding hydrogens is 200 g/mol. The molecule has 0 radical (unpaired) electrons. The van der Waals surface area contributed by atoms with Crippen LogP contribution in [0.5, 0.6) is 0 Å². The van der Waals surface area contributed by atoms with Gasteiger partial charge >= 0.3 is 0 Å². The molecule has 4 heteroatoms. The Labute approximate surface area is 87.7 Å². The topological polar surface area (TPSA) is 70.0 Å². The van der Waals surface area contributed by atoms with E-state index >= 15 is 0 Å². The Hall–Kier alpha value is -1.08. The number of halogens is 1. The zero-order valence-corrected chi connectivity index (χ0v) is 8.33. The average molecular weight is 211 g/mol. The van der Waals surface area contributed by atoms with Gasteiger partial charge in [-0.2, -0.15) is 5.26 Å². The van der Waals surface area contributed by atoms with E-state index in [9.17, 15) is 0 Å². The second kappa shape index (κ2) is 4.97. The molecule has 0 aliphatic heterocycles. The van der Waals surface area contributed by atoms with E-state index in [1.54, 1.807) is 18.2 Å². The van der Waals surface area contributed by atoms with Crippen molar-refractivity contribution in [2.75, 3.05) is 6.61 Å². The Kier molecular flexibility index (Phi) is 3.90. The smallest absolute Gasteiger partial charge is 0.0995 e. The normalized spacial score (nSPS) is 12.1.